The second-order valence-corrected chi connectivity index (χ2v) is 2.96. The normalized spacial score (nSPS) is 9.73. The highest BCUT2D eigenvalue weighted by atomic mass is 16.5. The van der Waals surface area contributed by atoms with Gasteiger partial charge in [0.15, 0.2) is 0 Å². The molecule has 0 aliphatic rings. The molecule has 0 radical (unpaired) electrons. The Hall–Kier alpha value is -1.78. The molecule has 0 bridgehead atoms. The van der Waals surface area contributed by atoms with E-state index < -0.39 is 5.97 Å². The largest absolute Gasteiger partial charge is 0.469 e. The lowest BCUT2D eigenvalue weighted by Crippen LogP contribution is -2.06. The summed E-state index contributed by atoms with van der Waals surface area (Å²) in [4.78, 5) is 25.0. The lowest BCUT2D eigenvalue weighted by atomic mass is 10.1. The van der Waals surface area contributed by atoms with Crippen LogP contribution in [0, 0.1) is 0 Å². The Balaban J connectivity index is 2.65. The van der Waals surface area contributed by atoms with Crippen LogP contribution in [0.25, 0.3) is 0 Å². The first-order chi connectivity index (χ1) is 7.19. The highest BCUT2D eigenvalue weighted by Crippen LogP contribution is 2.11. The monoisotopic (exact) mass is 211 g/mol. The number of H-pyrrole nitrogens is 1. The third-order valence-electron chi connectivity index (χ3n) is 2.06. The molecule has 0 saturated carbocycles. The molecule has 82 valence electrons. The molecule has 0 amide bonds. The van der Waals surface area contributed by atoms with Crippen LogP contribution in [0.5, 0.6) is 0 Å². The van der Waals surface area contributed by atoms with Crippen molar-refractivity contribution in [2.45, 2.75) is 12.8 Å². The Labute approximate surface area is 87.4 Å². The van der Waals surface area contributed by atoms with Crippen LogP contribution in [-0.4, -0.2) is 31.1 Å². The number of aryl methyl sites for hydroxylation is 1. The molecule has 1 rings (SSSR count). The Morgan fingerprint density at radius 1 is 1.27 bits per heavy atom. The van der Waals surface area contributed by atoms with Gasteiger partial charge in [0.2, 0.25) is 0 Å². The first kappa shape index (κ1) is 11.3. The van der Waals surface area contributed by atoms with Gasteiger partial charge in [0.05, 0.1) is 19.8 Å². The maximum atomic E-state index is 11.3. The molecule has 1 aromatic heterocycles. The third-order valence-corrected chi connectivity index (χ3v) is 2.06. The lowest BCUT2D eigenvalue weighted by molar-refractivity contribution is -0.140. The number of hydrogen-bond acceptors (Lipinski definition) is 4. The summed E-state index contributed by atoms with van der Waals surface area (Å²) in [6.45, 7) is 0. The van der Waals surface area contributed by atoms with Crippen molar-refractivity contribution in [2.24, 2.45) is 0 Å². The predicted molar refractivity (Wildman–Crippen MR) is 52.5 cm³/mol. The van der Waals surface area contributed by atoms with Crippen molar-refractivity contribution in [1.82, 2.24) is 4.98 Å². The number of rotatable bonds is 4. The number of carbonyl (C=O) groups is 2. The second kappa shape index (κ2) is 5.19. The van der Waals surface area contributed by atoms with E-state index in [0.717, 1.165) is 5.56 Å². The van der Waals surface area contributed by atoms with Crippen molar-refractivity contribution in [1.29, 1.82) is 0 Å². The maximum Gasteiger partial charge on any atom is 0.339 e. The number of nitrogens with one attached hydrogen (secondary N) is 1. The Kier molecular flexibility index (Phi) is 3.91. The minimum absolute atomic E-state index is 0.248. The summed E-state index contributed by atoms with van der Waals surface area (Å²) in [5.74, 6) is -0.705. The van der Waals surface area contributed by atoms with Crippen molar-refractivity contribution in [2.75, 3.05) is 14.2 Å². The molecule has 0 aliphatic heterocycles. The van der Waals surface area contributed by atoms with Crippen molar-refractivity contribution in [3.05, 3.63) is 23.5 Å². The van der Waals surface area contributed by atoms with Crippen LogP contribution in [0.1, 0.15) is 22.3 Å². The van der Waals surface area contributed by atoms with Gasteiger partial charge in [-0.15, -0.1) is 0 Å². The second-order valence-electron chi connectivity index (χ2n) is 2.96. The lowest BCUT2D eigenvalue weighted by Gasteiger charge is -2.01. The van der Waals surface area contributed by atoms with Crippen LogP contribution in [0.2, 0.25) is 0 Å². The van der Waals surface area contributed by atoms with E-state index in [0.29, 0.717) is 12.0 Å². The van der Waals surface area contributed by atoms with Crippen LogP contribution >= 0.6 is 0 Å². The molecule has 0 aromatic carbocycles. The quantitative estimate of drug-likeness (QED) is 0.751. The fourth-order valence-electron chi connectivity index (χ4n) is 1.24. The fourth-order valence-corrected chi connectivity index (χ4v) is 1.24. The van der Waals surface area contributed by atoms with Gasteiger partial charge >= 0.3 is 11.9 Å². The summed E-state index contributed by atoms with van der Waals surface area (Å²) in [6, 6.07) is 0. The molecule has 0 saturated heterocycles. The first-order valence-corrected chi connectivity index (χ1v) is 4.49. The smallest absolute Gasteiger partial charge is 0.339 e. The molecule has 15 heavy (non-hydrogen) atoms. The number of aromatic amines is 1. The zero-order chi connectivity index (χ0) is 11.3. The third kappa shape index (κ3) is 2.83. The number of hydrogen-bond donors (Lipinski definition) is 1. The minimum Gasteiger partial charge on any atom is -0.469 e. The van der Waals surface area contributed by atoms with Crippen LogP contribution in [0.3, 0.4) is 0 Å². The van der Waals surface area contributed by atoms with E-state index in [1.807, 2.05) is 0 Å². The van der Waals surface area contributed by atoms with Gasteiger partial charge < -0.3 is 14.5 Å². The van der Waals surface area contributed by atoms with Crippen molar-refractivity contribution in [3.8, 4) is 0 Å². The van der Waals surface area contributed by atoms with Crippen LogP contribution in [-0.2, 0) is 20.7 Å². The van der Waals surface area contributed by atoms with E-state index in [9.17, 15) is 9.59 Å². The number of ether oxygens (including phenoxy) is 2. The Bertz CT molecular complexity index is 356. The van der Waals surface area contributed by atoms with Gasteiger partial charge in [-0.3, -0.25) is 4.79 Å². The number of aromatic nitrogens is 1. The van der Waals surface area contributed by atoms with E-state index >= 15 is 0 Å². The van der Waals surface area contributed by atoms with Gasteiger partial charge in [-0.1, -0.05) is 0 Å². The average Bonchev–Trinajstić information content (AvgIpc) is 2.72. The summed E-state index contributed by atoms with van der Waals surface area (Å²) in [5.41, 5.74) is 1.22. The zero-order valence-corrected chi connectivity index (χ0v) is 8.70. The van der Waals surface area contributed by atoms with Gasteiger partial charge in [-0.25, -0.2) is 4.79 Å². The molecule has 1 aromatic rings. The van der Waals surface area contributed by atoms with Gasteiger partial charge in [0.1, 0.15) is 0 Å². The molecule has 0 fully saturated rings. The highest BCUT2D eigenvalue weighted by Gasteiger charge is 2.13. The number of carbonyl (C=O) groups excluding carboxylic acids is 2. The molecule has 0 spiro atoms. The first-order valence-electron chi connectivity index (χ1n) is 4.49. The Morgan fingerprint density at radius 2 is 2.00 bits per heavy atom. The summed E-state index contributed by atoms with van der Waals surface area (Å²) < 4.78 is 9.10. The topological polar surface area (TPSA) is 68.4 Å². The number of methoxy groups -OCH3 is 2. The zero-order valence-electron chi connectivity index (χ0n) is 8.70. The van der Waals surface area contributed by atoms with E-state index in [4.69, 9.17) is 0 Å². The van der Waals surface area contributed by atoms with Gasteiger partial charge in [0, 0.05) is 18.8 Å². The van der Waals surface area contributed by atoms with Gasteiger partial charge in [-0.2, -0.15) is 0 Å². The predicted octanol–water partition coefficient (Wildman–Crippen LogP) is 0.907. The van der Waals surface area contributed by atoms with Crippen LogP contribution in [0.15, 0.2) is 12.4 Å². The molecule has 1 N–H and O–H groups in total. The van der Waals surface area contributed by atoms with Crippen molar-refractivity contribution >= 4 is 11.9 Å². The molecule has 0 unspecified atom stereocenters. The van der Waals surface area contributed by atoms with E-state index in [2.05, 4.69) is 14.5 Å². The summed E-state index contributed by atoms with van der Waals surface area (Å²) >= 11 is 0. The minimum atomic E-state index is -0.406. The van der Waals surface area contributed by atoms with Crippen LogP contribution in [0.4, 0.5) is 0 Å². The maximum absolute atomic E-state index is 11.3. The summed E-state index contributed by atoms with van der Waals surface area (Å²) in [5, 5.41) is 0. The molecule has 5 heteroatoms. The molecular formula is C10H13NO4. The highest BCUT2D eigenvalue weighted by molar-refractivity contribution is 5.90. The van der Waals surface area contributed by atoms with E-state index in [1.165, 1.54) is 14.2 Å². The van der Waals surface area contributed by atoms with Gasteiger partial charge in [0.25, 0.3) is 0 Å². The number of esters is 2. The van der Waals surface area contributed by atoms with E-state index in [-0.39, 0.29) is 12.4 Å². The summed E-state index contributed by atoms with van der Waals surface area (Å²) in [7, 11) is 2.65. The fraction of sp³-hybridized carbons (Fsp3) is 0.400. The van der Waals surface area contributed by atoms with Crippen molar-refractivity contribution < 1.29 is 19.1 Å². The summed E-state index contributed by atoms with van der Waals surface area (Å²) in [6.07, 6.45) is 3.94. The van der Waals surface area contributed by atoms with Gasteiger partial charge in [-0.05, 0) is 12.0 Å². The molecule has 1 heterocycles. The average molecular weight is 211 g/mol. The molecule has 0 atom stereocenters. The molecule has 0 aliphatic carbocycles. The molecular weight excluding hydrogens is 198 g/mol. The van der Waals surface area contributed by atoms with E-state index in [1.54, 1.807) is 12.4 Å². The van der Waals surface area contributed by atoms with Crippen molar-refractivity contribution in [3.63, 3.8) is 0 Å². The molecule has 5 nitrogen and oxygen atoms in total. The standard InChI is InChI=1S/C10H13NO4/c1-14-9(12)4-3-7-5-11-6-8(7)10(13)15-2/h5-6,11H,3-4H2,1-2H3. The van der Waals surface area contributed by atoms with Crippen LogP contribution < -0.4 is 0 Å². The Morgan fingerprint density at radius 3 is 2.60 bits per heavy atom. The SMILES string of the molecule is COC(=O)CCc1c[nH]cc1C(=O)OC.